The zero-order chi connectivity index (χ0) is 13.5. The van der Waals surface area contributed by atoms with Crippen LogP contribution >= 0.6 is 0 Å². The normalized spacial score (nSPS) is 13.1. The molecule has 20 heavy (non-hydrogen) atoms. The number of H-pyrrole nitrogens is 1. The Balaban J connectivity index is 1.91. The van der Waals surface area contributed by atoms with Crippen molar-refractivity contribution in [2.45, 2.75) is 6.04 Å². The molecule has 1 atom stereocenters. The Morgan fingerprint density at radius 3 is 2.60 bits per heavy atom. The molecule has 98 valence electrons. The van der Waals surface area contributed by atoms with Gasteiger partial charge >= 0.3 is 0 Å². The van der Waals surface area contributed by atoms with Gasteiger partial charge in [0.1, 0.15) is 0 Å². The zero-order valence-corrected chi connectivity index (χ0v) is 10.8. The van der Waals surface area contributed by atoms with Crippen LogP contribution in [-0.4, -0.2) is 4.98 Å². The molecule has 0 aliphatic carbocycles. The monoisotopic (exact) mass is 262 g/mol. The lowest BCUT2D eigenvalue weighted by Gasteiger charge is -2.09. The molecule has 0 aliphatic rings. The molecule has 4 rings (SSSR count). The predicted octanol–water partition coefficient (Wildman–Crippen LogP) is 3.96. The SMILES string of the molecule is NC(c1ccoc1)c1ccc2[nH]c3ccccc3c2c1. The van der Waals surface area contributed by atoms with Gasteiger partial charge in [-0.2, -0.15) is 0 Å². The van der Waals surface area contributed by atoms with E-state index >= 15 is 0 Å². The average Bonchev–Trinajstić information content (AvgIpc) is 3.13. The van der Waals surface area contributed by atoms with Crippen LogP contribution in [0.5, 0.6) is 0 Å². The van der Waals surface area contributed by atoms with Crippen LogP contribution in [-0.2, 0) is 0 Å². The molecular weight excluding hydrogens is 248 g/mol. The number of nitrogens with two attached hydrogens (primary N) is 1. The lowest BCUT2D eigenvalue weighted by Crippen LogP contribution is -2.10. The van der Waals surface area contributed by atoms with E-state index in [9.17, 15) is 0 Å². The van der Waals surface area contributed by atoms with Gasteiger partial charge in [0.15, 0.2) is 0 Å². The van der Waals surface area contributed by atoms with E-state index in [1.54, 1.807) is 12.5 Å². The largest absolute Gasteiger partial charge is 0.472 e. The van der Waals surface area contributed by atoms with Gasteiger partial charge < -0.3 is 15.1 Å². The first-order chi connectivity index (χ1) is 9.83. The van der Waals surface area contributed by atoms with Crippen molar-refractivity contribution < 1.29 is 4.42 Å². The first-order valence-electron chi connectivity index (χ1n) is 6.61. The fourth-order valence-electron chi connectivity index (χ4n) is 2.70. The lowest BCUT2D eigenvalue weighted by molar-refractivity contribution is 0.562. The number of nitrogens with one attached hydrogen (secondary N) is 1. The molecule has 0 aliphatic heterocycles. The summed E-state index contributed by atoms with van der Waals surface area (Å²) >= 11 is 0. The molecule has 2 aromatic carbocycles. The van der Waals surface area contributed by atoms with E-state index in [-0.39, 0.29) is 6.04 Å². The fourth-order valence-corrected chi connectivity index (χ4v) is 2.70. The van der Waals surface area contributed by atoms with E-state index in [1.807, 2.05) is 12.1 Å². The second-order valence-electron chi connectivity index (χ2n) is 5.01. The molecular formula is C17H14N2O. The highest BCUT2D eigenvalue weighted by Crippen LogP contribution is 2.29. The van der Waals surface area contributed by atoms with Crippen LogP contribution in [0.4, 0.5) is 0 Å². The number of aromatic nitrogens is 1. The summed E-state index contributed by atoms with van der Waals surface area (Å²) in [5.74, 6) is 0. The number of para-hydroxylation sites is 1. The van der Waals surface area contributed by atoms with E-state index in [4.69, 9.17) is 10.2 Å². The number of benzene rings is 2. The minimum Gasteiger partial charge on any atom is -0.472 e. The summed E-state index contributed by atoms with van der Waals surface area (Å²) in [6.45, 7) is 0. The number of aromatic amines is 1. The van der Waals surface area contributed by atoms with E-state index in [0.29, 0.717) is 0 Å². The Morgan fingerprint density at radius 1 is 0.900 bits per heavy atom. The van der Waals surface area contributed by atoms with Gasteiger partial charge in [-0.25, -0.2) is 0 Å². The number of rotatable bonds is 2. The molecule has 3 N–H and O–H groups in total. The van der Waals surface area contributed by atoms with E-state index < -0.39 is 0 Å². The fraction of sp³-hybridized carbons (Fsp3) is 0.0588. The maximum atomic E-state index is 6.29. The molecule has 1 unspecified atom stereocenters. The summed E-state index contributed by atoms with van der Waals surface area (Å²) in [4.78, 5) is 3.42. The third kappa shape index (κ3) is 1.64. The van der Waals surface area contributed by atoms with Crippen LogP contribution in [0.1, 0.15) is 17.2 Å². The molecule has 0 spiro atoms. The second kappa shape index (κ2) is 4.25. The Morgan fingerprint density at radius 2 is 1.75 bits per heavy atom. The number of hydrogen-bond acceptors (Lipinski definition) is 2. The van der Waals surface area contributed by atoms with Crippen LogP contribution in [0, 0.1) is 0 Å². The van der Waals surface area contributed by atoms with E-state index in [0.717, 1.165) is 22.2 Å². The quantitative estimate of drug-likeness (QED) is 0.574. The molecule has 2 heterocycles. The van der Waals surface area contributed by atoms with Gasteiger partial charge in [0, 0.05) is 27.4 Å². The molecule has 0 saturated heterocycles. The maximum absolute atomic E-state index is 6.29. The number of hydrogen-bond donors (Lipinski definition) is 2. The molecule has 2 aromatic heterocycles. The number of fused-ring (bicyclic) bond motifs is 3. The Kier molecular flexibility index (Phi) is 2.41. The Bertz CT molecular complexity index is 874. The van der Waals surface area contributed by atoms with Gasteiger partial charge in [-0.1, -0.05) is 24.3 Å². The van der Waals surface area contributed by atoms with Gasteiger partial charge in [0.05, 0.1) is 18.6 Å². The minimum atomic E-state index is -0.160. The van der Waals surface area contributed by atoms with Crippen molar-refractivity contribution >= 4 is 21.8 Å². The predicted molar refractivity (Wildman–Crippen MR) is 80.5 cm³/mol. The summed E-state index contributed by atoms with van der Waals surface area (Å²) in [6, 6.07) is 16.4. The summed E-state index contributed by atoms with van der Waals surface area (Å²) in [7, 11) is 0. The van der Waals surface area contributed by atoms with E-state index in [1.165, 1.54) is 10.8 Å². The highest BCUT2D eigenvalue weighted by Gasteiger charge is 2.12. The summed E-state index contributed by atoms with van der Waals surface area (Å²) in [5.41, 5.74) is 10.7. The van der Waals surface area contributed by atoms with Gasteiger partial charge in [-0.05, 0) is 29.8 Å². The van der Waals surface area contributed by atoms with Crippen molar-refractivity contribution in [3.05, 3.63) is 72.2 Å². The maximum Gasteiger partial charge on any atom is 0.0953 e. The van der Waals surface area contributed by atoms with Crippen molar-refractivity contribution in [2.24, 2.45) is 5.73 Å². The molecule has 0 fully saturated rings. The highest BCUT2D eigenvalue weighted by atomic mass is 16.3. The molecule has 0 radical (unpaired) electrons. The minimum absolute atomic E-state index is 0.160. The third-order valence-corrected chi connectivity index (χ3v) is 3.79. The van der Waals surface area contributed by atoms with Crippen LogP contribution in [0.25, 0.3) is 21.8 Å². The Labute approximate surface area is 116 Å². The first-order valence-corrected chi connectivity index (χ1v) is 6.61. The summed E-state index contributed by atoms with van der Waals surface area (Å²) in [5, 5.41) is 2.43. The van der Waals surface area contributed by atoms with Gasteiger partial charge in [0.25, 0.3) is 0 Å². The van der Waals surface area contributed by atoms with Gasteiger partial charge in [-0.15, -0.1) is 0 Å². The highest BCUT2D eigenvalue weighted by molar-refractivity contribution is 6.07. The van der Waals surface area contributed by atoms with Gasteiger partial charge in [0.2, 0.25) is 0 Å². The smallest absolute Gasteiger partial charge is 0.0953 e. The first kappa shape index (κ1) is 11.3. The van der Waals surface area contributed by atoms with Crippen molar-refractivity contribution in [3.63, 3.8) is 0 Å². The van der Waals surface area contributed by atoms with Crippen LogP contribution < -0.4 is 5.73 Å². The average molecular weight is 262 g/mol. The van der Waals surface area contributed by atoms with Crippen LogP contribution in [0.3, 0.4) is 0 Å². The summed E-state index contributed by atoms with van der Waals surface area (Å²) < 4.78 is 5.11. The topological polar surface area (TPSA) is 54.9 Å². The van der Waals surface area contributed by atoms with Gasteiger partial charge in [-0.3, -0.25) is 0 Å². The molecule has 0 amide bonds. The standard InChI is InChI=1S/C17H14N2O/c18-17(12-7-8-20-10-12)11-5-6-16-14(9-11)13-3-1-2-4-15(13)19-16/h1-10,17,19H,18H2. The van der Waals surface area contributed by atoms with Crippen LogP contribution in [0.15, 0.2) is 65.5 Å². The van der Waals surface area contributed by atoms with Crippen molar-refractivity contribution in [2.75, 3.05) is 0 Å². The Hall–Kier alpha value is -2.52. The van der Waals surface area contributed by atoms with E-state index in [2.05, 4.69) is 41.4 Å². The van der Waals surface area contributed by atoms with Crippen molar-refractivity contribution in [1.82, 2.24) is 4.98 Å². The molecule has 3 nitrogen and oxygen atoms in total. The molecule has 0 bridgehead atoms. The zero-order valence-electron chi connectivity index (χ0n) is 10.8. The number of furan rings is 1. The third-order valence-electron chi connectivity index (χ3n) is 3.79. The lowest BCUT2D eigenvalue weighted by atomic mass is 10.00. The molecule has 0 saturated carbocycles. The molecule has 4 aromatic rings. The van der Waals surface area contributed by atoms with Crippen LogP contribution in [0.2, 0.25) is 0 Å². The van der Waals surface area contributed by atoms with Crippen molar-refractivity contribution in [3.8, 4) is 0 Å². The second-order valence-corrected chi connectivity index (χ2v) is 5.01. The summed E-state index contributed by atoms with van der Waals surface area (Å²) in [6.07, 6.45) is 3.35. The molecule has 3 heteroatoms. The van der Waals surface area contributed by atoms with Crippen molar-refractivity contribution in [1.29, 1.82) is 0 Å².